The van der Waals surface area contributed by atoms with Crippen LogP contribution in [0, 0.1) is 20.8 Å². The minimum atomic E-state index is 0.491. The lowest BCUT2D eigenvalue weighted by molar-refractivity contribution is 0.777. The number of hydrogen-bond acceptors (Lipinski definition) is 2. The standard InChI is InChI=1S/C29H31N3/c1-19(2)24-11-6-7-12-27(24)31-17-25-26(18-31)30-32(28-21(4)9-8-10-22(28)5)29(25)23-15-13-20(3)14-16-23/h6-16,19H,17-18H2,1-5H3. The van der Waals surface area contributed by atoms with Crippen molar-refractivity contribution in [2.24, 2.45) is 0 Å². The van der Waals surface area contributed by atoms with Gasteiger partial charge in [-0.15, -0.1) is 0 Å². The van der Waals surface area contributed by atoms with Crippen molar-refractivity contribution in [1.29, 1.82) is 0 Å². The van der Waals surface area contributed by atoms with Gasteiger partial charge in [-0.05, 0) is 49.4 Å². The van der Waals surface area contributed by atoms with Gasteiger partial charge in [0.2, 0.25) is 0 Å². The number of fused-ring (bicyclic) bond motifs is 1. The fourth-order valence-corrected chi connectivity index (χ4v) is 4.96. The molecule has 32 heavy (non-hydrogen) atoms. The summed E-state index contributed by atoms with van der Waals surface area (Å²) in [6.45, 7) is 12.8. The van der Waals surface area contributed by atoms with Crippen LogP contribution in [0.25, 0.3) is 16.9 Å². The predicted molar refractivity (Wildman–Crippen MR) is 134 cm³/mol. The van der Waals surface area contributed by atoms with E-state index >= 15 is 0 Å². The molecule has 0 saturated heterocycles. The Balaban J connectivity index is 1.66. The molecule has 5 rings (SSSR count). The van der Waals surface area contributed by atoms with Crippen LogP contribution in [-0.4, -0.2) is 9.78 Å². The van der Waals surface area contributed by atoms with E-state index in [2.05, 4.69) is 111 Å². The Kier molecular flexibility index (Phi) is 5.13. The monoisotopic (exact) mass is 421 g/mol. The second-order valence-electron chi connectivity index (χ2n) is 9.36. The van der Waals surface area contributed by atoms with E-state index in [1.165, 1.54) is 56.1 Å². The van der Waals surface area contributed by atoms with E-state index in [1.807, 2.05) is 0 Å². The summed E-state index contributed by atoms with van der Waals surface area (Å²) in [6.07, 6.45) is 0. The summed E-state index contributed by atoms with van der Waals surface area (Å²) in [4.78, 5) is 2.49. The molecule has 1 aliphatic heterocycles. The first kappa shape index (κ1) is 20.6. The Bertz CT molecular complexity index is 1260. The molecule has 162 valence electrons. The van der Waals surface area contributed by atoms with Gasteiger partial charge in [0.15, 0.2) is 0 Å². The average Bonchev–Trinajstić information content (AvgIpc) is 3.32. The molecule has 0 radical (unpaired) electrons. The lowest BCUT2D eigenvalue weighted by atomic mass is 10.0. The van der Waals surface area contributed by atoms with Crippen LogP contribution in [0.4, 0.5) is 5.69 Å². The molecule has 0 fully saturated rings. The molecule has 3 nitrogen and oxygen atoms in total. The third kappa shape index (κ3) is 3.42. The van der Waals surface area contributed by atoms with Gasteiger partial charge in [0.25, 0.3) is 0 Å². The molecule has 0 saturated carbocycles. The maximum absolute atomic E-state index is 5.21. The number of rotatable bonds is 4. The highest BCUT2D eigenvalue weighted by Gasteiger charge is 2.30. The fraction of sp³-hybridized carbons (Fsp3) is 0.276. The number of anilines is 1. The van der Waals surface area contributed by atoms with Gasteiger partial charge in [-0.1, -0.05) is 80.1 Å². The molecule has 0 atom stereocenters. The topological polar surface area (TPSA) is 21.1 Å². The van der Waals surface area contributed by atoms with Gasteiger partial charge in [0.1, 0.15) is 0 Å². The molecule has 0 N–H and O–H groups in total. The van der Waals surface area contributed by atoms with Crippen LogP contribution in [0.2, 0.25) is 0 Å². The van der Waals surface area contributed by atoms with Crippen molar-refractivity contribution in [3.8, 4) is 16.9 Å². The third-order valence-corrected chi connectivity index (χ3v) is 6.63. The molecule has 1 aliphatic rings. The molecular weight excluding hydrogens is 390 g/mol. The van der Waals surface area contributed by atoms with Crippen LogP contribution in [0.1, 0.15) is 53.3 Å². The molecule has 0 unspecified atom stereocenters. The fourth-order valence-electron chi connectivity index (χ4n) is 4.96. The van der Waals surface area contributed by atoms with Crippen molar-refractivity contribution in [2.75, 3.05) is 4.90 Å². The van der Waals surface area contributed by atoms with Crippen LogP contribution < -0.4 is 4.90 Å². The van der Waals surface area contributed by atoms with Crippen LogP contribution in [0.3, 0.4) is 0 Å². The number of aryl methyl sites for hydroxylation is 3. The smallest absolute Gasteiger partial charge is 0.0878 e. The number of hydrogen-bond donors (Lipinski definition) is 0. The summed E-state index contributed by atoms with van der Waals surface area (Å²) in [5.41, 5.74) is 12.7. The van der Waals surface area contributed by atoms with Crippen LogP contribution in [-0.2, 0) is 13.1 Å². The molecule has 0 bridgehead atoms. The van der Waals surface area contributed by atoms with Gasteiger partial charge in [-0.3, -0.25) is 0 Å². The molecular formula is C29H31N3. The Morgan fingerprint density at radius 3 is 2.16 bits per heavy atom. The van der Waals surface area contributed by atoms with E-state index in [4.69, 9.17) is 5.10 Å². The van der Waals surface area contributed by atoms with Gasteiger partial charge in [0.05, 0.1) is 23.6 Å². The van der Waals surface area contributed by atoms with Gasteiger partial charge >= 0.3 is 0 Å². The van der Waals surface area contributed by atoms with E-state index in [0.717, 1.165) is 13.1 Å². The van der Waals surface area contributed by atoms with E-state index in [-0.39, 0.29) is 0 Å². The van der Waals surface area contributed by atoms with Crippen LogP contribution >= 0.6 is 0 Å². The summed E-state index contributed by atoms with van der Waals surface area (Å²) in [6, 6.07) is 24.2. The van der Waals surface area contributed by atoms with Gasteiger partial charge in [-0.25, -0.2) is 4.68 Å². The average molecular weight is 422 g/mol. The second kappa shape index (κ2) is 7.98. The minimum absolute atomic E-state index is 0.491. The highest BCUT2D eigenvalue weighted by Crippen LogP contribution is 2.39. The second-order valence-corrected chi connectivity index (χ2v) is 9.36. The lowest BCUT2D eigenvalue weighted by Crippen LogP contribution is -2.18. The van der Waals surface area contributed by atoms with Crippen molar-refractivity contribution in [2.45, 2.75) is 53.6 Å². The largest absolute Gasteiger partial charge is 0.361 e. The predicted octanol–water partition coefficient (Wildman–Crippen LogP) is 7.11. The van der Waals surface area contributed by atoms with Gasteiger partial charge in [0, 0.05) is 23.4 Å². The van der Waals surface area contributed by atoms with Gasteiger partial charge < -0.3 is 4.90 Å². The summed E-state index contributed by atoms with van der Waals surface area (Å²) in [5, 5.41) is 5.21. The SMILES string of the molecule is Cc1ccc(-c2c3c(nn2-c2c(C)cccc2C)CN(c2ccccc2C(C)C)C3)cc1. The molecule has 4 aromatic rings. The van der Waals surface area contributed by atoms with E-state index in [1.54, 1.807) is 0 Å². The molecule has 3 heteroatoms. The van der Waals surface area contributed by atoms with Crippen molar-refractivity contribution in [3.05, 3.63) is 100 Å². The highest BCUT2D eigenvalue weighted by atomic mass is 15.3. The molecule has 0 spiro atoms. The van der Waals surface area contributed by atoms with Crippen LogP contribution in [0.5, 0.6) is 0 Å². The minimum Gasteiger partial charge on any atom is -0.361 e. The van der Waals surface area contributed by atoms with Crippen molar-refractivity contribution in [3.63, 3.8) is 0 Å². The lowest BCUT2D eigenvalue weighted by Gasteiger charge is -2.24. The summed E-state index contributed by atoms with van der Waals surface area (Å²) >= 11 is 0. The summed E-state index contributed by atoms with van der Waals surface area (Å²) in [7, 11) is 0. The Morgan fingerprint density at radius 1 is 0.781 bits per heavy atom. The summed E-state index contributed by atoms with van der Waals surface area (Å²) < 4.78 is 2.20. The van der Waals surface area contributed by atoms with Crippen LogP contribution in [0.15, 0.2) is 66.7 Å². The van der Waals surface area contributed by atoms with Crippen molar-refractivity contribution in [1.82, 2.24) is 9.78 Å². The first-order valence-electron chi connectivity index (χ1n) is 11.5. The third-order valence-electron chi connectivity index (χ3n) is 6.63. The molecule has 3 aromatic carbocycles. The molecule has 0 aliphatic carbocycles. The first-order chi connectivity index (χ1) is 15.4. The molecule has 1 aromatic heterocycles. The number of nitrogens with zero attached hydrogens (tertiary/aromatic N) is 3. The van der Waals surface area contributed by atoms with Gasteiger partial charge in [-0.2, -0.15) is 5.10 Å². The normalized spacial score (nSPS) is 13.1. The first-order valence-corrected chi connectivity index (χ1v) is 11.5. The zero-order valence-corrected chi connectivity index (χ0v) is 19.7. The zero-order chi connectivity index (χ0) is 22.4. The zero-order valence-electron chi connectivity index (χ0n) is 19.7. The summed E-state index contributed by atoms with van der Waals surface area (Å²) in [5.74, 6) is 0.491. The van der Waals surface area contributed by atoms with E-state index < -0.39 is 0 Å². The Labute approximate surface area is 191 Å². The van der Waals surface area contributed by atoms with Crippen molar-refractivity contribution >= 4 is 5.69 Å². The Hall–Kier alpha value is -3.33. The molecule has 0 amide bonds. The van der Waals surface area contributed by atoms with E-state index in [0.29, 0.717) is 5.92 Å². The molecule has 2 heterocycles. The highest BCUT2D eigenvalue weighted by molar-refractivity contribution is 5.71. The Morgan fingerprint density at radius 2 is 1.47 bits per heavy atom. The van der Waals surface area contributed by atoms with E-state index in [9.17, 15) is 0 Å². The maximum Gasteiger partial charge on any atom is 0.0878 e. The number of benzene rings is 3. The quantitative estimate of drug-likeness (QED) is 0.350. The maximum atomic E-state index is 5.21. The van der Waals surface area contributed by atoms with Crippen molar-refractivity contribution < 1.29 is 0 Å². The number of aromatic nitrogens is 2. The number of para-hydroxylation sites is 2.